The first-order chi connectivity index (χ1) is 17.6. The lowest BCUT2D eigenvalue weighted by Gasteiger charge is -2.48. The Morgan fingerprint density at radius 1 is 0.750 bits per heavy atom. The summed E-state index contributed by atoms with van der Waals surface area (Å²) >= 11 is 8.15. The van der Waals surface area contributed by atoms with Crippen molar-refractivity contribution in [3.05, 3.63) is 94.3 Å². The normalized spacial score (nSPS) is 16.8. The van der Waals surface area contributed by atoms with Crippen molar-refractivity contribution in [2.75, 3.05) is 39.3 Å². The van der Waals surface area contributed by atoms with Crippen LogP contribution in [0.5, 0.6) is 0 Å². The lowest BCUT2D eigenvalue weighted by molar-refractivity contribution is 0.00881. The van der Waals surface area contributed by atoms with Crippen LogP contribution in [0.4, 0.5) is 0 Å². The van der Waals surface area contributed by atoms with Crippen LogP contribution in [0.15, 0.2) is 78.9 Å². The van der Waals surface area contributed by atoms with Crippen molar-refractivity contribution in [2.24, 2.45) is 0 Å². The summed E-state index contributed by atoms with van der Waals surface area (Å²) in [6.45, 7) is 4.49. The SMILES string of the molecule is O=C(c1ccccc1)N1CCN(C2CN(C(=O)c3sc4cc(-c5ccccc5)ccc4c3Cl)C2)CC1. The first kappa shape index (κ1) is 23.2. The van der Waals surface area contributed by atoms with Gasteiger partial charge in [-0.25, -0.2) is 0 Å². The van der Waals surface area contributed by atoms with Crippen molar-refractivity contribution >= 4 is 44.8 Å². The molecule has 2 fully saturated rings. The van der Waals surface area contributed by atoms with E-state index in [1.54, 1.807) is 0 Å². The van der Waals surface area contributed by atoms with Crippen LogP contribution in [0.3, 0.4) is 0 Å². The number of benzene rings is 3. The molecule has 0 bridgehead atoms. The summed E-state index contributed by atoms with van der Waals surface area (Å²) in [4.78, 5) is 32.8. The third-order valence-corrected chi connectivity index (χ3v) is 8.86. The summed E-state index contributed by atoms with van der Waals surface area (Å²) in [5.74, 6) is 0.104. The Morgan fingerprint density at radius 3 is 2.11 bits per heavy atom. The summed E-state index contributed by atoms with van der Waals surface area (Å²) in [5.41, 5.74) is 3.00. The second-order valence-corrected chi connectivity index (χ2v) is 10.8. The van der Waals surface area contributed by atoms with E-state index in [1.165, 1.54) is 11.3 Å². The Balaban J connectivity index is 1.08. The fourth-order valence-electron chi connectivity index (χ4n) is 5.06. The molecule has 5 nitrogen and oxygen atoms in total. The van der Waals surface area contributed by atoms with E-state index in [-0.39, 0.29) is 11.8 Å². The highest BCUT2D eigenvalue weighted by atomic mass is 35.5. The third kappa shape index (κ3) is 4.30. The zero-order valence-corrected chi connectivity index (χ0v) is 21.3. The quantitative estimate of drug-likeness (QED) is 0.360. The number of amides is 2. The zero-order valence-electron chi connectivity index (χ0n) is 19.8. The number of carbonyl (C=O) groups is 2. The van der Waals surface area contributed by atoms with E-state index in [4.69, 9.17) is 11.6 Å². The molecule has 2 aliphatic heterocycles. The number of halogens is 1. The maximum atomic E-state index is 13.3. The van der Waals surface area contributed by atoms with Gasteiger partial charge in [-0.3, -0.25) is 14.5 Å². The average Bonchev–Trinajstić information content (AvgIpc) is 3.24. The van der Waals surface area contributed by atoms with E-state index < -0.39 is 0 Å². The van der Waals surface area contributed by atoms with Gasteiger partial charge in [-0.2, -0.15) is 0 Å². The predicted octanol–water partition coefficient (Wildman–Crippen LogP) is 5.50. The van der Waals surface area contributed by atoms with Crippen LogP contribution in [0.1, 0.15) is 20.0 Å². The molecule has 2 amide bonds. The van der Waals surface area contributed by atoms with E-state index >= 15 is 0 Å². The lowest BCUT2D eigenvalue weighted by Crippen LogP contribution is -2.64. The molecule has 0 atom stereocenters. The van der Waals surface area contributed by atoms with Crippen molar-refractivity contribution in [3.63, 3.8) is 0 Å². The molecule has 3 aromatic carbocycles. The second kappa shape index (κ2) is 9.69. The first-order valence-corrected chi connectivity index (χ1v) is 13.4. The second-order valence-electron chi connectivity index (χ2n) is 9.38. The molecule has 0 N–H and O–H groups in total. The van der Waals surface area contributed by atoms with E-state index in [9.17, 15) is 9.59 Å². The van der Waals surface area contributed by atoms with Gasteiger partial charge in [-0.15, -0.1) is 11.3 Å². The molecule has 0 saturated carbocycles. The van der Waals surface area contributed by atoms with E-state index in [0.29, 0.717) is 42.1 Å². The Kier molecular flexibility index (Phi) is 6.25. The molecule has 7 heteroatoms. The van der Waals surface area contributed by atoms with Gasteiger partial charge in [-0.1, -0.05) is 72.3 Å². The molecule has 0 aliphatic carbocycles. The Bertz CT molecular complexity index is 1410. The monoisotopic (exact) mass is 515 g/mol. The smallest absolute Gasteiger partial charge is 0.265 e. The van der Waals surface area contributed by atoms with Crippen molar-refractivity contribution in [3.8, 4) is 11.1 Å². The van der Waals surface area contributed by atoms with Gasteiger partial charge in [0.2, 0.25) is 0 Å². The molecule has 0 unspecified atom stereocenters. The number of hydrogen-bond donors (Lipinski definition) is 0. The summed E-state index contributed by atoms with van der Waals surface area (Å²) in [6, 6.07) is 26.2. The Hall–Kier alpha value is -3.19. The number of piperazine rings is 1. The molecule has 0 spiro atoms. The number of likely N-dealkylation sites (tertiary alicyclic amines) is 1. The topological polar surface area (TPSA) is 43.9 Å². The number of nitrogens with zero attached hydrogens (tertiary/aromatic N) is 3. The highest BCUT2D eigenvalue weighted by molar-refractivity contribution is 7.21. The van der Waals surface area contributed by atoms with Crippen LogP contribution < -0.4 is 0 Å². The highest BCUT2D eigenvalue weighted by Gasteiger charge is 2.38. The van der Waals surface area contributed by atoms with Crippen molar-refractivity contribution < 1.29 is 9.59 Å². The average molecular weight is 516 g/mol. The molecule has 1 aromatic heterocycles. The van der Waals surface area contributed by atoms with Crippen LogP contribution >= 0.6 is 22.9 Å². The fourth-order valence-corrected chi connectivity index (χ4v) is 6.58. The third-order valence-electron chi connectivity index (χ3n) is 7.22. The summed E-state index contributed by atoms with van der Waals surface area (Å²) < 4.78 is 1.03. The predicted molar refractivity (Wildman–Crippen MR) is 146 cm³/mol. The molecule has 182 valence electrons. The zero-order chi connectivity index (χ0) is 24.6. The molecular formula is C29H26ClN3O2S. The van der Waals surface area contributed by atoms with Gasteiger partial charge < -0.3 is 9.80 Å². The minimum atomic E-state index is 0.0107. The summed E-state index contributed by atoms with van der Waals surface area (Å²) in [7, 11) is 0. The van der Waals surface area contributed by atoms with E-state index in [1.807, 2.05) is 64.4 Å². The summed E-state index contributed by atoms with van der Waals surface area (Å²) in [6.07, 6.45) is 0. The molecule has 0 radical (unpaired) electrons. The first-order valence-electron chi connectivity index (χ1n) is 12.2. The molecule has 36 heavy (non-hydrogen) atoms. The number of hydrogen-bond acceptors (Lipinski definition) is 4. The standard InChI is InChI=1S/C29H26ClN3O2S/c30-26-24-12-11-22(20-7-3-1-4-8-20)17-25(24)36-27(26)29(35)33-18-23(19-33)31-13-15-32(16-14-31)28(34)21-9-5-2-6-10-21/h1-12,17,23H,13-16,18-19H2. The maximum Gasteiger partial charge on any atom is 0.265 e. The molecule has 3 heterocycles. The molecule has 2 aliphatic rings. The number of rotatable bonds is 4. The van der Waals surface area contributed by atoms with Crippen molar-refractivity contribution in [1.82, 2.24) is 14.7 Å². The van der Waals surface area contributed by atoms with Crippen LogP contribution in [-0.4, -0.2) is 71.8 Å². The van der Waals surface area contributed by atoms with Gasteiger partial charge in [-0.05, 0) is 29.3 Å². The Morgan fingerprint density at radius 2 is 1.42 bits per heavy atom. The molecule has 4 aromatic rings. The minimum absolute atomic E-state index is 0.0107. The summed E-state index contributed by atoms with van der Waals surface area (Å²) in [5, 5.41) is 1.48. The van der Waals surface area contributed by atoms with Crippen LogP contribution in [0.2, 0.25) is 5.02 Å². The van der Waals surface area contributed by atoms with Gasteiger partial charge in [0.15, 0.2) is 0 Å². The maximum absolute atomic E-state index is 13.3. The van der Waals surface area contributed by atoms with Gasteiger partial charge in [0.05, 0.1) is 5.02 Å². The lowest BCUT2D eigenvalue weighted by atomic mass is 10.0. The number of fused-ring (bicyclic) bond motifs is 1. The van der Waals surface area contributed by atoms with Crippen LogP contribution in [-0.2, 0) is 0 Å². The molecular weight excluding hydrogens is 490 g/mol. The highest BCUT2D eigenvalue weighted by Crippen LogP contribution is 2.39. The van der Waals surface area contributed by atoms with Gasteiger partial charge in [0, 0.05) is 61.0 Å². The fraction of sp³-hybridized carbons (Fsp3) is 0.241. The van der Waals surface area contributed by atoms with Crippen LogP contribution in [0.25, 0.3) is 21.2 Å². The molecule has 2 saturated heterocycles. The van der Waals surface area contributed by atoms with E-state index in [2.05, 4.69) is 29.2 Å². The number of thiophene rings is 1. The van der Waals surface area contributed by atoms with Gasteiger partial charge >= 0.3 is 0 Å². The van der Waals surface area contributed by atoms with Crippen molar-refractivity contribution in [2.45, 2.75) is 6.04 Å². The Labute approximate surface area is 219 Å². The van der Waals surface area contributed by atoms with E-state index in [0.717, 1.165) is 39.9 Å². The van der Waals surface area contributed by atoms with Crippen LogP contribution in [0, 0.1) is 0 Å². The molecule has 6 rings (SSSR count). The number of carbonyl (C=O) groups excluding carboxylic acids is 2. The minimum Gasteiger partial charge on any atom is -0.336 e. The largest absolute Gasteiger partial charge is 0.336 e. The van der Waals surface area contributed by atoms with Crippen molar-refractivity contribution in [1.29, 1.82) is 0 Å². The van der Waals surface area contributed by atoms with Gasteiger partial charge in [0.25, 0.3) is 11.8 Å². The van der Waals surface area contributed by atoms with Gasteiger partial charge in [0.1, 0.15) is 4.88 Å².